The van der Waals surface area contributed by atoms with Gasteiger partial charge in [-0.25, -0.2) is 4.98 Å². The summed E-state index contributed by atoms with van der Waals surface area (Å²) in [6.07, 6.45) is 0.260. The zero-order valence-electron chi connectivity index (χ0n) is 12.7. The number of rotatable bonds is 6. The minimum absolute atomic E-state index is 0.202. The number of oxazole rings is 1. The van der Waals surface area contributed by atoms with Crippen molar-refractivity contribution in [2.75, 3.05) is 11.1 Å². The summed E-state index contributed by atoms with van der Waals surface area (Å²) in [5.41, 5.74) is 7.51. The lowest BCUT2D eigenvalue weighted by molar-refractivity contribution is -0.115. The molecule has 122 valence electrons. The quantitative estimate of drug-likeness (QED) is 0.672. The number of primary amides is 1. The van der Waals surface area contributed by atoms with Gasteiger partial charge in [-0.15, -0.1) is 0 Å². The van der Waals surface area contributed by atoms with E-state index in [9.17, 15) is 9.59 Å². The molecule has 0 fully saturated rings. The zero-order valence-corrected chi connectivity index (χ0v) is 13.5. The van der Waals surface area contributed by atoms with E-state index in [1.165, 1.54) is 11.8 Å². The third kappa shape index (κ3) is 3.75. The molecule has 1 heterocycles. The SMILES string of the molecule is NC(=O)c1ccccc1NC(=O)CCSc1nc2ccccc2o1. The van der Waals surface area contributed by atoms with E-state index in [0.29, 0.717) is 16.7 Å². The first kappa shape index (κ1) is 16.1. The molecule has 2 amide bonds. The van der Waals surface area contributed by atoms with Crippen LogP contribution in [0.4, 0.5) is 5.69 Å². The fraction of sp³-hybridized carbons (Fsp3) is 0.118. The van der Waals surface area contributed by atoms with Gasteiger partial charge < -0.3 is 15.5 Å². The molecule has 0 radical (unpaired) electrons. The molecule has 2 aromatic carbocycles. The largest absolute Gasteiger partial charge is 0.431 e. The number of hydrogen-bond acceptors (Lipinski definition) is 5. The Bertz CT molecular complexity index is 858. The van der Waals surface area contributed by atoms with Crippen LogP contribution in [0.5, 0.6) is 0 Å². The molecule has 6 nitrogen and oxygen atoms in total. The van der Waals surface area contributed by atoms with Gasteiger partial charge >= 0.3 is 0 Å². The molecule has 0 atom stereocenters. The van der Waals surface area contributed by atoms with Crippen LogP contribution in [0.15, 0.2) is 58.2 Å². The fourth-order valence-corrected chi connectivity index (χ4v) is 2.94. The van der Waals surface area contributed by atoms with Crippen molar-refractivity contribution in [3.8, 4) is 0 Å². The molecule has 1 aromatic heterocycles. The summed E-state index contributed by atoms with van der Waals surface area (Å²) in [4.78, 5) is 27.7. The van der Waals surface area contributed by atoms with Crippen LogP contribution in [0.1, 0.15) is 16.8 Å². The second-order valence-electron chi connectivity index (χ2n) is 5.00. The zero-order chi connectivity index (χ0) is 16.9. The topological polar surface area (TPSA) is 98.2 Å². The Labute approximate surface area is 142 Å². The van der Waals surface area contributed by atoms with E-state index in [2.05, 4.69) is 10.3 Å². The van der Waals surface area contributed by atoms with Gasteiger partial charge in [0, 0.05) is 12.2 Å². The van der Waals surface area contributed by atoms with E-state index < -0.39 is 5.91 Å². The average Bonchev–Trinajstić information content (AvgIpc) is 2.97. The van der Waals surface area contributed by atoms with Crippen LogP contribution in [-0.4, -0.2) is 22.6 Å². The summed E-state index contributed by atoms with van der Waals surface area (Å²) in [7, 11) is 0. The fourth-order valence-electron chi connectivity index (χ4n) is 2.16. The van der Waals surface area contributed by atoms with Gasteiger partial charge in [-0.05, 0) is 24.3 Å². The van der Waals surface area contributed by atoms with Crippen molar-refractivity contribution in [1.82, 2.24) is 4.98 Å². The lowest BCUT2D eigenvalue weighted by Gasteiger charge is -2.08. The molecule has 24 heavy (non-hydrogen) atoms. The molecule has 0 aliphatic heterocycles. The van der Waals surface area contributed by atoms with E-state index in [-0.39, 0.29) is 17.9 Å². The van der Waals surface area contributed by atoms with Gasteiger partial charge in [0.1, 0.15) is 5.52 Å². The Morgan fingerprint density at radius 3 is 2.67 bits per heavy atom. The Hall–Kier alpha value is -2.80. The van der Waals surface area contributed by atoms with Crippen LogP contribution in [-0.2, 0) is 4.79 Å². The van der Waals surface area contributed by atoms with Crippen molar-refractivity contribution in [3.05, 3.63) is 54.1 Å². The maximum absolute atomic E-state index is 12.0. The van der Waals surface area contributed by atoms with E-state index in [1.807, 2.05) is 24.3 Å². The van der Waals surface area contributed by atoms with E-state index in [4.69, 9.17) is 10.2 Å². The predicted octanol–water partition coefficient (Wildman–Crippen LogP) is 3.05. The number of anilines is 1. The second kappa shape index (κ2) is 7.18. The standard InChI is InChI=1S/C17H15N3O3S/c18-16(22)11-5-1-2-6-12(11)19-15(21)9-10-24-17-20-13-7-3-4-8-14(13)23-17/h1-8H,9-10H2,(H2,18,22)(H,19,21). The number of para-hydroxylation sites is 3. The van der Waals surface area contributed by atoms with Crippen LogP contribution in [0.2, 0.25) is 0 Å². The first-order chi connectivity index (χ1) is 11.6. The highest BCUT2D eigenvalue weighted by atomic mass is 32.2. The summed E-state index contributed by atoms with van der Waals surface area (Å²) >= 11 is 1.37. The third-order valence-corrected chi connectivity index (χ3v) is 4.13. The first-order valence-electron chi connectivity index (χ1n) is 7.30. The summed E-state index contributed by atoms with van der Waals surface area (Å²) < 4.78 is 5.58. The highest BCUT2D eigenvalue weighted by molar-refractivity contribution is 7.99. The van der Waals surface area contributed by atoms with Crippen molar-refractivity contribution in [2.45, 2.75) is 11.6 Å². The Kier molecular flexibility index (Phi) is 4.81. The summed E-state index contributed by atoms with van der Waals surface area (Å²) in [6.45, 7) is 0. The van der Waals surface area contributed by atoms with Gasteiger partial charge in [-0.2, -0.15) is 0 Å². The number of benzene rings is 2. The highest BCUT2D eigenvalue weighted by Crippen LogP contribution is 2.23. The van der Waals surface area contributed by atoms with Crippen molar-refractivity contribution < 1.29 is 14.0 Å². The van der Waals surface area contributed by atoms with E-state index >= 15 is 0 Å². The molecule has 3 N–H and O–H groups in total. The number of aromatic nitrogens is 1. The second-order valence-corrected chi connectivity index (χ2v) is 6.05. The van der Waals surface area contributed by atoms with Crippen molar-refractivity contribution in [2.24, 2.45) is 5.73 Å². The summed E-state index contributed by atoms with van der Waals surface area (Å²) in [5.74, 6) is -0.267. The van der Waals surface area contributed by atoms with E-state index in [0.717, 1.165) is 11.1 Å². The van der Waals surface area contributed by atoms with Gasteiger partial charge in [0.25, 0.3) is 11.1 Å². The number of nitrogens with two attached hydrogens (primary N) is 1. The van der Waals surface area contributed by atoms with Gasteiger partial charge in [0.05, 0.1) is 11.3 Å². The molecule has 0 aliphatic rings. The summed E-state index contributed by atoms with van der Waals surface area (Å²) in [6, 6.07) is 14.1. The molecule has 0 unspecified atom stereocenters. The summed E-state index contributed by atoms with van der Waals surface area (Å²) in [5, 5.41) is 3.23. The molecule has 7 heteroatoms. The molecular formula is C17H15N3O3S. The number of fused-ring (bicyclic) bond motifs is 1. The molecular weight excluding hydrogens is 326 g/mol. The minimum atomic E-state index is -0.577. The van der Waals surface area contributed by atoms with Crippen LogP contribution in [0.3, 0.4) is 0 Å². The lowest BCUT2D eigenvalue weighted by Crippen LogP contribution is -2.18. The molecule has 0 aliphatic carbocycles. The molecule has 0 saturated heterocycles. The van der Waals surface area contributed by atoms with Gasteiger partial charge in [0.15, 0.2) is 5.58 Å². The van der Waals surface area contributed by atoms with Crippen molar-refractivity contribution in [3.63, 3.8) is 0 Å². The number of thioether (sulfide) groups is 1. The third-order valence-electron chi connectivity index (χ3n) is 3.30. The van der Waals surface area contributed by atoms with Gasteiger partial charge in [0.2, 0.25) is 5.91 Å². The molecule has 0 spiro atoms. The lowest BCUT2D eigenvalue weighted by atomic mass is 10.1. The monoisotopic (exact) mass is 341 g/mol. The highest BCUT2D eigenvalue weighted by Gasteiger charge is 2.11. The Morgan fingerprint density at radius 1 is 1.12 bits per heavy atom. The number of carbonyl (C=O) groups is 2. The van der Waals surface area contributed by atoms with Crippen LogP contribution < -0.4 is 11.1 Å². The normalized spacial score (nSPS) is 10.7. The molecule has 0 bridgehead atoms. The Morgan fingerprint density at radius 2 is 1.88 bits per heavy atom. The van der Waals surface area contributed by atoms with E-state index in [1.54, 1.807) is 24.3 Å². The van der Waals surface area contributed by atoms with Gasteiger partial charge in [-0.1, -0.05) is 36.0 Å². The van der Waals surface area contributed by atoms with Crippen LogP contribution in [0.25, 0.3) is 11.1 Å². The number of nitrogens with one attached hydrogen (secondary N) is 1. The maximum Gasteiger partial charge on any atom is 0.256 e. The van der Waals surface area contributed by atoms with Crippen LogP contribution in [0, 0.1) is 0 Å². The molecule has 3 aromatic rings. The van der Waals surface area contributed by atoms with Crippen LogP contribution >= 0.6 is 11.8 Å². The van der Waals surface area contributed by atoms with Crippen molar-refractivity contribution >= 4 is 40.4 Å². The van der Waals surface area contributed by atoms with Crippen molar-refractivity contribution in [1.29, 1.82) is 0 Å². The molecule has 3 rings (SSSR count). The average molecular weight is 341 g/mol. The smallest absolute Gasteiger partial charge is 0.256 e. The Balaban J connectivity index is 1.55. The predicted molar refractivity (Wildman–Crippen MR) is 92.9 cm³/mol. The van der Waals surface area contributed by atoms with Gasteiger partial charge in [-0.3, -0.25) is 9.59 Å². The number of amides is 2. The number of nitrogens with zero attached hydrogens (tertiary/aromatic N) is 1. The minimum Gasteiger partial charge on any atom is -0.431 e. The first-order valence-corrected chi connectivity index (χ1v) is 8.29. The number of hydrogen-bond donors (Lipinski definition) is 2. The maximum atomic E-state index is 12.0. The molecule has 0 saturated carbocycles. The number of carbonyl (C=O) groups excluding carboxylic acids is 2.